The van der Waals surface area contributed by atoms with E-state index in [2.05, 4.69) is 24.0 Å². The molecule has 1 aliphatic heterocycles. The fourth-order valence-electron chi connectivity index (χ4n) is 3.67. The number of hydrogen-bond acceptors (Lipinski definition) is 5. The van der Waals surface area contributed by atoms with E-state index in [1.54, 1.807) is 19.0 Å². The zero-order valence-corrected chi connectivity index (χ0v) is 15.7. The van der Waals surface area contributed by atoms with Gasteiger partial charge in [-0.15, -0.1) is 11.3 Å². The Morgan fingerprint density at radius 2 is 2.25 bits per heavy atom. The van der Waals surface area contributed by atoms with Gasteiger partial charge in [0.15, 0.2) is 0 Å². The summed E-state index contributed by atoms with van der Waals surface area (Å²) in [5, 5.41) is 0. The van der Waals surface area contributed by atoms with Crippen molar-refractivity contribution in [1.29, 1.82) is 0 Å². The van der Waals surface area contributed by atoms with E-state index in [-0.39, 0.29) is 12.5 Å². The molecule has 0 spiro atoms. The molecule has 2 heterocycles. The Balaban J connectivity index is 1.50. The summed E-state index contributed by atoms with van der Waals surface area (Å²) < 4.78 is 11.6. The molecule has 0 unspecified atom stereocenters. The number of carbonyl (C=O) groups is 1. The molecule has 6 heteroatoms. The van der Waals surface area contributed by atoms with Crippen molar-refractivity contribution in [2.45, 2.75) is 38.5 Å². The van der Waals surface area contributed by atoms with Crippen LogP contribution in [0.2, 0.25) is 0 Å². The summed E-state index contributed by atoms with van der Waals surface area (Å²) in [6.07, 6.45) is 2.46. The van der Waals surface area contributed by atoms with Crippen molar-refractivity contribution < 1.29 is 14.3 Å². The Morgan fingerprint density at radius 3 is 2.96 bits per heavy atom. The molecule has 24 heavy (non-hydrogen) atoms. The van der Waals surface area contributed by atoms with Crippen molar-refractivity contribution in [2.24, 2.45) is 5.92 Å². The molecule has 1 aromatic heterocycles. The van der Waals surface area contributed by atoms with Gasteiger partial charge in [0.1, 0.15) is 6.61 Å². The lowest BCUT2D eigenvalue weighted by Gasteiger charge is -2.37. The lowest BCUT2D eigenvalue weighted by molar-refractivity contribution is -0.134. The van der Waals surface area contributed by atoms with E-state index in [0.717, 1.165) is 32.5 Å². The second kappa shape index (κ2) is 7.95. The van der Waals surface area contributed by atoms with Gasteiger partial charge in [0.2, 0.25) is 5.91 Å². The van der Waals surface area contributed by atoms with Gasteiger partial charge in [0, 0.05) is 43.0 Å². The third kappa shape index (κ3) is 4.36. The van der Waals surface area contributed by atoms with E-state index in [0.29, 0.717) is 24.7 Å². The predicted molar refractivity (Wildman–Crippen MR) is 95.2 cm³/mol. The zero-order valence-electron chi connectivity index (χ0n) is 14.9. The fourth-order valence-corrected chi connectivity index (χ4v) is 4.59. The molecule has 1 aromatic rings. The van der Waals surface area contributed by atoms with Crippen LogP contribution in [-0.4, -0.2) is 68.3 Å². The van der Waals surface area contributed by atoms with Crippen LogP contribution >= 0.6 is 11.3 Å². The fraction of sp³-hybridized carbons (Fsp3) is 0.722. The van der Waals surface area contributed by atoms with Crippen LogP contribution in [0.3, 0.4) is 0 Å². The quantitative estimate of drug-likeness (QED) is 0.787. The van der Waals surface area contributed by atoms with Crippen LogP contribution in [0.15, 0.2) is 12.1 Å². The molecule has 1 saturated heterocycles. The van der Waals surface area contributed by atoms with Gasteiger partial charge in [-0.05, 0) is 37.8 Å². The van der Waals surface area contributed by atoms with Gasteiger partial charge in [-0.25, -0.2) is 0 Å². The average molecular weight is 353 g/mol. The van der Waals surface area contributed by atoms with E-state index in [1.165, 1.54) is 9.75 Å². The number of nitrogens with zero attached hydrogens (tertiary/aromatic N) is 2. The lowest BCUT2D eigenvalue weighted by atomic mass is 10.1. The molecule has 0 radical (unpaired) electrons. The van der Waals surface area contributed by atoms with Crippen LogP contribution in [-0.2, 0) is 20.8 Å². The van der Waals surface area contributed by atoms with E-state index in [9.17, 15) is 4.79 Å². The number of amides is 1. The summed E-state index contributed by atoms with van der Waals surface area (Å²) in [5.74, 6) is 0.511. The van der Waals surface area contributed by atoms with E-state index in [1.807, 2.05) is 11.3 Å². The molecule has 2 fully saturated rings. The molecular weight excluding hydrogens is 324 g/mol. The third-order valence-electron chi connectivity index (χ3n) is 4.98. The highest BCUT2D eigenvalue weighted by Crippen LogP contribution is 2.35. The topological polar surface area (TPSA) is 42.0 Å². The van der Waals surface area contributed by atoms with Gasteiger partial charge in [0.05, 0.1) is 19.3 Å². The summed E-state index contributed by atoms with van der Waals surface area (Å²) in [4.78, 5) is 18.5. The molecule has 5 nitrogen and oxygen atoms in total. The lowest BCUT2D eigenvalue weighted by Crippen LogP contribution is -2.47. The van der Waals surface area contributed by atoms with Gasteiger partial charge in [-0.1, -0.05) is 0 Å². The van der Waals surface area contributed by atoms with E-state index >= 15 is 0 Å². The smallest absolute Gasteiger partial charge is 0.248 e. The van der Waals surface area contributed by atoms with Gasteiger partial charge >= 0.3 is 0 Å². The maximum absolute atomic E-state index is 11.6. The van der Waals surface area contributed by atoms with Crippen LogP contribution in [0.25, 0.3) is 0 Å². The number of likely N-dealkylation sites (N-methyl/N-ethyl adjacent to an activating group) is 1. The molecular formula is C18H28N2O3S. The minimum absolute atomic E-state index is 0.0244. The SMILES string of the molecule is Cc1ccc(CN2CCO[C@@H]3C[C@H](COCC(=O)N(C)C)C[C@@H]32)s1. The van der Waals surface area contributed by atoms with Gasteiger partial charge in [0.25, 0.3) is 0 Å². The predicted octanol–water partition coefficient (Wildman–Crippen LogP) is 2.14. The Hall–Kier alpha value is -0.950. The number of ether oxygens (including phenoxy) is 2. The van der Waals surface area contributed by atoms with Crippen molar-refractivity contribution in [3.63, 3.8) is 0 Å². The van der Waals surface area contributed by atoms with Crippen molar-refractivity contribution >= 4 is 17.2 Å². The summed E-state index contributed by atoms with van der Waals surface area (Å²) >= 11 is 1.89. The standard InChI is InChI=1S/C18H28N2O3S/c1-13-4-5-15(24-13)10-20-6-7-23-17-9-14(8-16(17)20)11-22-12-18(21)19(2)3/h4-5,14,16-17H,6-12H2,1-3H3/t14-,16+,17-/m1/s1. The first-order valence-corrected chi connectivity index (χ1v) is 9.53. The average Bonchev–Trinajstić information content (AvgIpc) is 3.13. The normalized spacial score (nSPS) is 27.2. The Kier molecular flexibility index (Phi) is 5.92. The molecule has 134 valence electrons. The first-order chi connectivity index (χ1) is 11.5. The number of morpholine rings is 1. The zero-order chi connectivity index (χ0) is 17.1. The summed E-state index contributed by atoms with van der Waals surface area (Å²) in [6, 6.07) is 4.93. The minimum atomic E-state index is 0.0244. The summed E-state index contributed by atoms with van der Waals surface area (Å²) in [5.41, 5.74) is 0. The molecule has 0 aromatic carbocycles. The van der Waals surface area contributed by atoms with Crippen molar-refractivity contribution in [2.75, 3.05) is 40.5 Å². The summed E-state index contributed by atoms with van der Waals surface area (Å²) in [6.45, 7) is 5.84. The molecule has 3 atom stereocenters. The number of rotatable bonds is 6. The highest BCUT2D eigenvalue weighted by molar-refractivity contribution is 7.11. The molecule has 2 aliphatic rings. The maximum atomic E-state index is 11.6. The van der Waals surface area contributed by atoms with Gasteiger partial charge in [-0.3, -0.25) is 9.69 Å². The minimum Gasteiger partial charge on any atom is -0.375 e. The van der Waals surface area contributed by atoms with Crippen LogP contribution in [0, 0.1) is 12.8 Å². The van der Waals surface area contributed by atoms with Crippen LogP contribution in [0.5, 0.6) is 0 Å². The molecule has 3 rings (SSSR count). The van der Waals surface area contributed by atoms with Crippen molar-refractivity contribution in [1.82, 2.24) is 9.80 Å². The second-order valence-electron chi connectivity index (χ2n) is 7.10. The Morgan fingerprint density at radius 1 is 1.42 bits per heavy atom. The molecule has 0 bridgehead atoms. The number of aryl methyl sites for hydroxylation is 1. The van der Waals surface area contributed by atoms with Crippen LogP contribution in [0.4, 0.5) is 0 Å². The van der Waals surface area contributed by atoms with Crippen molar-refractivity contribution in [3.8, 4) is 0 Å². The number of hydrogen-bond donors (Lipinski definition) is 0. The van der Waals surface area contributed by atoms with Crippen LogP contribution < -0.4 is 0 Å². The van der Waals surface area contributed by atoms with Gasteiger partial charge < -0.3 is 14.4 Å². The maximum Gasteiger partial charge on any atom is 0.248 e. The molecule has 1 saturated carbocycles. The van der Waals surface area contributed by atoms with E-state index < -0.39 is 0 Å². The summed E-state index contributed by atoms with van der Waals surface area (Å²) in [7, 11) is 3.52. The Bertz CT molecular complexity index is 560. The second-order valence-corrected chi connectivity index (χ2v) is 8.47. The molecule has 1 amide bonds. The van der Waals surface area contributed by atoms with Crippen molar-refractivity contribution in [3.05, 3.63) is 21.9 Å². The van der Waals surface area contributed by atoms with Crippen LogP contribution in [0.1, 0.15) is 22.6 Å². The largest absolute Gasteiger partial charge is 0.375 e. The monoisotopic (exact) mass is 352 g/mol. The molecule has 0 N–H and O–H groups in total. The number of carbonyl (C=O) groups excluding carboxylic acids is 1. The highest BCUT2D eigenvalue weighted by atomic mass is 32.1. The van der Waals surface area contributed by atoms with E-state index in [4.69, 9.17) is 9.47 Å². The first-order valence-electron chi connectivity index (χ1n) is 8.72. The molecule has 1 aliphatic carbocycles. The highest BCUT2D eigenvalue weighted by Gasteiger charge is 2.41. The third-order valence-corrected chi connectivity index (χ3v) is 5.97. The number of thiophene rings is 1. The number of fused-ring (bicyclic) bond motifs is 1. The first kappa shape index (κ1) is 17.9. The Labute approximate surface area is 148 Å². The van der Waals surface area contributed by atoms with Gasteiger partial charge in [-0.2, -0.15) is 0 Å².